The zero-order valence-corrected chi connectivity index (χ0v) is 8.13. The van der Waals surface area contributed by atoms with Gasteiger partial charge in [0.15, 0.2) is 0 Å². The molecule has 0 aliphatic rings. The molecule has 0 radical (unpaired) electrons. The largest absolute Gasteiger partial charge is 0.342 e. The molecule has 0 saturated carbocycles. The molecule has 0 aromatic rings. The lowest BCUT2D eigenvalue weighted by molar-refractivity contribution is -0.255. The van der Waals surface area contributed by atoms with E-state index in [9.17, 15) is 4.79 Å². The first kappa shape index (κ1) is 11.4. The molecule has 12 heavy (non-hydrogen) atoms. The molecule has 72 valence electrons. The minimum absolute atomic E-state index is 0.277. The summed E-state index contributed by atoms with van der Waals surface area (Å²) in [5, 5.41) is 0. The highest BCUT2D eigenvalue weighted by Gasteiger charge is 2.04. The second kappa shape index (κ2) is 7.10. The summed E-state index contributed by atoms with van der Waals surface area (Å²) in [5.41, 5.74) is 0. The van der Waals surface area contributed by atoms with Crippen molar-refractivity contribution in [3.63, 3.8) is 0 Å². The van der Waals surface area contributed by atoms with Crippen LogP contribution in [-0.2, 0) is 14.6 Å². The third kappa shape index (κ3) is 6.16. The van der Waals surface area contributed by atoms with Crippen molar-refractivity contribution in [2.75, 3.05) is 7.11 Å². The first-order valence-electron chi connectivity index (χ1n) is 4.44. The lowest BCUT2D eigenvalue weighted by Crippen LogP contribution is -2.03. The molecule has 1 unspecified atom stereocenters. The topological polar surface area (TPSA) is 35.5 Å². The Labute approximate surface area is 74.0 Å². The van der Waals surface area contributed by atoms with E-state index in [1.807, 2.05) is 0 Å². The van der Waals surface area contributed by atoms with Gasteiger partial charge in [0.05, 0.1) is 7.11 Å². The average Bonchev–Trinajstić information content (AvgIpc) is 2.04. The van der Waals surface area contributed by atoms with Gasteiger partial charge in [-0.3, -0.25) is 4.89 Å². The summed E-state index contributed by atoms with van der Waals surface area (Å²) >= 11 is 0. The first-order chi connectivity index (χ1) is 5.70. The molecule has 0 aliphatic heterocycles. The van der Waals surface area contributed by atoms with Crippen LogP contribution in [0.5, 0.6) is 0 Å². The maximum Gasteiger partial charge on any atom is 0.342 e. The normalized spacial score (nSPS) is 12.6. The standard InChI is InChI=1S/C9H18O3/c1-4-8(2)6-5-7-9(10)12-11-3/h8H,4-7H2,1-3H3. The number of carbonyl (C=O) groups is 1. The Hall–Kier alpha value is -0.570. The van der Waals surface area contributed by atoms with Crippen molar-refractivity contribution in [2.24, 2.45) is 5.92 Å². The molecule has 0 aliphatic carbocycles. The van der Waals surface area contributed by atoms with E-state index in [4.69, 9.17) is 0 Å². The molecular weight excluding hydrogens is 156 g/mol. The zero-order valence-electron chi connectivity index (χ0n) is 8.13. The SMILES string of the molecule is CCC(C)CCCC(=O)OOC. The molecule has 0 fully saturated rings. The van der Waals surface area contributed by atoms with Gasteiger partial charge in [-0.2, -0.15) is 4.89 Å². The molecule has 3 nitrogen and oxygen atoms in total. The molecule has 0 heterocycles. The van der Waals surface area contributed by atoms with Crippen LogP contribution in [0.25, 0.3) is 0 Å². The van der Waals surface area contributed by atoms with Crippen LogP contribution >= 0.6 is 0 Å². The second-order valence-corrected chi connectivity index (χ2v) is 3.03. The molecule has 0 N–H and O–H groups in total. The monoisotopic (exact) mass is 174 g/mol. The first-order valence-corrected chi connectivity index (χ1v) is 4.44. The Morgan fingerprint density at radius 1 is 1.50 bits per heavy atom. The minimum Gasteiger partial charge on any atom is -0.299 e. The Balaban J connectivity index is 3.24. The van der Waals surface area contributed by atoms with Crippen LogP contribution in [0.2, 0.25) is 0 Å². The van der Waals surface area contributed by atoms with E-state index in [2.05, 4.69) is 23.6 Å². The van der Waals surface area contributed by atoms with Gasteiger partial charge in [0, 0.05) is 6.42 Å². The van der Waals surface area contributed by atoms with Crippen LogP contribution in [0.4, 0.5) is 0 Å². The van der Waals surface area contributed by atoms with Gasteiger partial charge in [-0.1, -0.05) is 26.7 Å². The predicted molar refractivity (Wildman–Crippen MR) is 46.4 cm³/mol. The lowest BCUT2D eigenvalue weighted by atomic mass is 10.0. The van der Waals surface area contributed by atoms with Gasteiger partial charge in [-0.15, -0.1) is 0 Å². The maximum atomic E-state index is 10.8. The van der Waals surface area contributed by atoms with Gasteiger partial charge in [-0.25, -0.2) is 4.79 Å². The van der Waals surface area contributed by atoms with Crippen LogP contribution < -0.4 is 0 Å². The summed E-state index contributed by atoms with van der Waals surface area (Å²) in [7, 11) is 1.34. The smallest absolute Gasteiger partial charge is 0.299 e. The van der Waals surface area contributed by atoms with E-state index < -0.39 is 0 Å². The van der Waals surface area contributed by atoms with E-state index in [1.54, 1.807) is 0 Å². The van der Waals surface area contributed by atoms with E-state index in [-0.39, 0.29) is 5.97 Å². The summed E-state index contributed by atoms with van der Waals surface area (Å²) in [6.45, 7) is 4.33. The molecule has 0 saturated heterocycles. The fourth-order valence-electron chi connectivity index (χ4n) is 0.934. The van der Waals surface area contributed by atoms with Crippen molar-refractivity contribution in [3.05, 3.63) is 0 Å². The van der Waals surface area contributed by atoms with Crippen molar-refractivity contribution >= 4 is 5.97 Å². The third-order valence-corrected chi connectivity index (χ3v) is 1.95. The fraction of sp³-hybridized carbons (Fsp3) is 0.889. The van der Waals surface area contributed by atoms with Crippen LogP contribution in [0.1, 0.15) is 39.5 Å². The Morgan fingerprint density at radius 2 is 2.17 bits per heavy atom. The van der Waals surface area contributed by atoms with E-state index >= 15 is 0 Å². The van der Waals surface area contributed by atoms with Crippen LogP contribution in [0, 0.1) is 5.92 Å². The number of hydrogen-bond donors (Lipinski definition) is 0. The highest BCUT2D eigenvalue weighted by molar-refractivity contribution is 5.68. The summed E-state index contributed by atoms with van der Waals surface area (Å²) in [4.78, 5) is 19.3. The highest BCUT2D eigenvalue weighted by Crippen LogP contribution is 2.11. The lowest BCUT2D eigenvalue weighted by Gasteiger charge is -2.06. The molecule has 0 aromatic carbocycles. The molecule has 3 heteroatoms. The molecule has 0 amide bonds. The Morgan fingerprint density at radius 3 is 2.67 bits per heavy atom. The van der Waals surface area contributed by atoms with Crippen molar-refractivity contribution in [2.45, 2.75) is 39.5 Å². The van der Waals surface area contributed by atoms with E-state index in [0.29, 0.717) is 12.3 Å². The summed E-state index contributed by atoms with van der Waals surface area (Å²) < 4.78 is 0. The van der Waals surface area contributed by atoms with Gasteiger partial charge in [0.25, 0.3) is 0 Å². The predicted octanol–water partition coefficient (Wildman–Crippen LogP) is 2.31. The fourth-order valence-corrected chi connectivity index (χ4v) is 0.934. The van der Waals surface area contributed by atoms with E-state index in [0.717, 1.165) is 12.8 Å². The van der Waals surface area contributed by atoms with Crippen molar-refractivity contribution < 1.29 is 14.6 Å². The van der Waals surface area contributed by atoms with Crippen LogP contribution in [0.3, 0.4) is 0 Å². The van der Waals surface area contributed by atoms with Crippen molar-refractivity contribution in [1.82, 2.24) is 0 Å². The number of rotatable bonds is 6. The molecule has 0 spiro atoms. The van der Waals surface area contributed by atoms with Gasteiger partial charge in [0.1, 0.15) is 0 Å². The summed E-state index contributed by atoms with van der Waals surface area (Å²) in [6, 6.07) is 0. The quantitative estimate of drug-likeness (QED) is 0.458. The van der Waals surface area contributed by atoms with Crippen molar-refractivity contribution in [1.29, 1.82) is 0 Å². The van der Waals surface area contributed by atoms with E-state index in [1.165, 1.54) is 13.5 Å². The molecule has 1 atom stereocenters. The van der Waals surface area contributed by atoms with Gasteiger partial charge >= 0.3 is 5.97 Å². The van der Waals surface area contributed by atoms with Crippen molar-refractivity contribution in [3.8, 4) is 0 Å². The molecular formula is C9H18O3. The second-order valence-electron chi connectivity index (χ2n) is 3.03. The summed E-state index contributed by atoms with van der Waals surface area (Å²) in [6.07, 6.45) is 3.59. The number of hydrogen-bond acceptors (Lipinski definition) is 3. The summed E-state index contributed by atoms with van der Waals surface area (Å²) in [5.74, 6) is 0.418. The average molecular weight is 174 g/mol. The Kier molecular flexibility index (Phi) is 6.76. The van der Waals surface area contributed by atoms with Gasteiger partial charge in [-0.05, 0) is 12.3 Å². The molecule has 0 bridgehead atoms. The Bertz CT molecular complexity index is 123. The van der Waals surface area contributed by atoms with Crippen LogP contribution in [-0.4, -0.2) is 13.1 Å². The zero-order chi connectivity index (χ0) is 9.40. The van der Waals surface area contributed by atoms with Gasteiger partial charge in [0.2, 0.25) is 0 Å². The van der Waals surface area contributed by atoms with Gasteiger partial charge < -0.3 is 0 Å². The molecule has 0 rings (SSSR count). The molecule has 0 aromatic heterocycles. The maximum absolute atomic E-state index is 10.8. The van der Waals surface area contributed by atoms with Crippen LogP contribution in [0.15, 0.2) is 0 Å². The minimum atomic E-state index is -0.277. The number of carbonyl (C=O) groups excluding carboxylic acids is 1. The highest BCUT2D eigenvalue weighted by atomic mass is 17.2. The third-order valence-electron chi connectivity index (χ3n) is 1.95.